The molecule has 0 aliphatic carbocycles. The quantitative estimate of drug-likeness (QED) is 0.727. The van der Waals surface area contributed by atoms with Crippen LogP contribution < -0.4 is 0 Å². The van der Waals surface area contributed by atoms with Gasteiger partial charge in [-0.3, -0.25) is 0 Å². The van der Waals surface area contributed by atoms with Crippen molar-refractivity contribution in [2.75, 3.05) is 7.11 Å². The molecule has 2 heteroatoms. The second-order valence-electron chi connectivity index (χ2n) is 3.64. The van der Waals surface area contributed by atoms with Gasteiger partial charge < -0.3 is 9.47 Å². The molecule has 0 N–H and O–H groups in total. The van der Waals surface area contributed by atoms with E-state index in [-0.39, 0.29) is 6.29 Å². The van der Waals surface area contributed by atoms with Crippen molar-refractivity contribution in [1.29, 1.82) is 0 Å². The van der Waals surface area contributed by atoms with Crippen LogP contribution in [0, 0.1) is 6.61 Å². The number of ether oxygens (including phenoxy) is 2. The van der Waals surface area contributed by atoms with E-state index in [4.69, 9.17) is 9.47 Å². The zero-order valence-corrected chi connectivity index (χ0v) is 9.74. The van der Waals surface area contributed by atoms with Crippen molar-refractivity contribution in [3.63, 3.8) is 0 Å². The Bertz CT molecular complexity index is 425. The average Bonchev–Trinajstić information content (AvgIpc) is 2.42. The molecule has 2 nitrogen and oxygen atoms in total. The molecular formula is C15H15O2. The molecule has 0 saturated carbocycles. The minimum absolute atomic E-state index is 0.364. The topological polar surface area (TPSA) is 18.5 Å². The standard InChI is InChI=1S/C15H15O2/c1-16-15(14-10-6-3-7-11-14)17-12-13-8-4-2-5-9-13/h2-12,15H,1H3. The van der Waals surface area contributed by atoms with Crippen molar-refractivity contribution < 1.29 is 9.47 Å². The van der Waals surface area contributed by atoms with E-state index in [9.17, 15) is 0 Å². The van der Waals surface area contributed by atoms with Crippen LogP contribution in [0.15, 0.2) is 60.7 Å². The van der Waals surface area contributed by atoms with Crippen LogP contribution in [0.5, 0.6) is 0 Å². The fourth-order valence-electron chi connectivity index (χ4n) is 1.55. The summed E-state index contributed by atoms with van der Waals surface area (Å²) < 4.78 is 10.9. The number of hydrogen-bond donors (Lipinski definition) is 0. The van der Waals surface area contributed by atoms with Gasteiger partial charge in [0.15, 0.2) is 6.29 Å². The van der Waals surface area contributed by atoms with Crippen LogP contribution in [0.2, 0.25) is 0 Å². The van der Waals surface area contributed by atoms with Crippen LogP contribution in [-0.2, 0) is 9.47 Å². The summed E-state index contributed by atoms with van der Waals surface area (Å²) in [5.74, 6) is 0. The van der Waals surface area contributed by atoms with Crippen LogP contribution >= 0.6 is 0 Å². The molecule has 0 fully saturated rings. The highest BCUT2D eigenvalue weighted by Gasteiger charge is 2.10. The Balaban J connectivity index is 1.97. The first-order valence-corrected chi connectivity index (χ1v) is 5.51. The molecule has 2 rings (SSSR count). The van der Waals surface area contributed by atoms with Gasteiger partial charge in [-0.05, 0) is 5.56 Å². The number of rotatable bonds is 5. The molecule has 1 atom stereocenters. The normalized spacial score (nSPS) is 12.3. The molecule has 0 saturated heterocycles. The zero-order valence-electron chi connectivity index (χ0n) is 9.74. The van der Waals surface area contributed by atoms with Gasteiger partial charge in [0, 0.05) is 12.7 Å². The molecule has 2 aromatic carbocycles. The van der Waals surface area contributed by atoms with E-state index in [2.05, 4.69) is 0 Å². The van der Waals surface area contributed by atoms with Gasteiger partial charge in [0.05, 0.1) is 0 Å². The van der Waals surface area contributed by atoms with Gasteiger partial charge in [-0.25, -0.2) is 0 Å². The van der Waals surface area contributed by atoms with Gasteiger partial charge in [0.25, 0.3) is 0 Å². The van der Waals surface area contributed by atoms with E-state index in [1.54, 1.807) is 13.7 Å². The smallest absolute Gasteiger partial charge is 0.184 e. The first-order chi connectivity index (χ1) is 8.40. The molecule has 2 aromatic rings. The molecule has 0 aliphatic rings. The second-order valence-corrected chi connectivity index (χ2v) is 3.64. The molecule has 0 spiro atoms. The first kappa shape index (κ1) is 11.8. The molecule has 1 unspecified atom stereocenters. The predicted molar refractivity (Wildman–Crippen MR) is 67.1 cm³/mol. The first-order valence-electron chi connectivity index (χ1n) is 5.51. The summed E-state index contributed by atoms with van der Waals surface area (Å²) in [6.45, 7) is 1.71. The maximum atomic E-state index is 5.62. The van der Waals surface area contributed by atoms with Gasteiger partial charge >= 0.3 is 0 Å². The third kappa shape index (κ3) is 3.41. The molecule has 0 heterocycles. The van der Waals surface area contributed by atoms with Crippen molar-refractivity contribution in [3.05, 3.63) is 78.4 Å². The zero-order chi connectivity index (χ0) is 11.9. The monoisotopic (exact) mass is 227 g/mol. The fraction of sp³-hybridized carbons (Fsp3) is 0.133. The summed E-state index contributed by atoms with van der Waals surface area (Å²) in [6, 6.07) is 19.7. The Morgan fingerprint density at radius 1 is 0.882 bits per heavy atom. The number of benzene rings is 2. The lowest BCUT2D eigenvalue weighted by molar-refractivity contribution is -0.0988. The molecule has 0 aromatic heterocycles. The lowest BCUT2D eigenvalue weighted by atomic mass is 10.2. The lowest BCUT2D eigenvalue weighted by Crippen LogP contribution is -2.05. The third-order valence-corrected chi connectivity index (χ3v) is 2.41. The second kappa shape index (κ2) is 6.18. The van der Waals surface area contributed by atoms with Crippen LogP contribution in [0.3, 0.4) is 0 Å². The van der Waals surface area contributed by atoms with Crippen molar-refractivity contribution in [1.82, 2.24) is 0 Å². The number of hydrogen-bond acceptors (Lipinski definition) is 2. The Morgan fingerprint density at radius 2 is 1.47 bits per heavy atom. The van der Waals surface area contributed by atoms with Crippen molar-refractivity contribution in [3.8, 4) is 0 Å². The summed E-state index contributed by atoms with van der Waals surface area (Å²) >= 11 is 0. The SMILES string of the molecule is COC(O[CH]c1ccccc1)c1ccccc1. The van der Waals surface area contributed by atoms with Crippen molar-refractivity contribution >= 4 is 0 Å². The summed E-state index contributed by atoms with van der Waals surface area (Å²) in [7, 11) is 1.64. The molecule has 87 valence electrons. The summed E-state index contributed by atoms with van der Waals surface area (Å²) in [5, 5.41) is 0. The summed E-state index contributed by atoms with van der Waals surface area (Å²) in [4.78, 5) is 0. The van der Waals surface area contributed by atoms with Crippen LogP contribution in [-0.4, -0.2) is 7.11 Å². The highest BCUT2D eigenvalue weighted by molar-refractivity contribution is 5.21. The number of methoxy groups -OCH3 is 1. The van der Waals surface area contributed by atoms with E-state index in [0.29, 0.717) is 0 Å². The lowest BCUT2D eigenvalue weighted by Gasteiger charge is -2.16. The Kier molecular flexibility index (Phi) is 4.30. The molecule has 0 amide bonds. The van der Waals surface area contributed by atoms with Crippen LogP contribution in [0.1, 0.15) is 17.4 Å². The van der Waals surface area contributed by atoms with E-state index in [0.717, 1.165) is 11.1 Å². The van der Waals surface area contributed by atoms with Gasteiger partial charge in [-0.2, -0.15) is 0 Å². The van der Waals surface area contributed by atoms with E-state index in [1.807, 2.05) is 60.7 Å². The Morgan fingerprint density at radius 3 is 2.06 bits per heavy atom. The van der Waals surface area contributed by atoms with Crippen molar-refractivity contribution in [2.45, 2.75) is 6.29 Å². The van der Waals surface area contributed by atoms with E-state index >= 15 is 0 Å². The Hall–Kier alpha value is -1.64. The van der Waals surface area contributed by atoms with E-state index in [1.165, 1.54) is 0 Å². The third-order valence-electron chi connectivity index (χ3n) is 2.41. The molecule has 1 radical (unpaired) electrons. The Labute approximate surface area is 102 Å². The summed E-state index contributed by atoms with van der Waals surface area (Å²) in [5.41, 5.74) is 2.02. The van der Waals surface area contributed by atoms with Gasteiger partial charge in [0.1, 0.15) is 6.61 Å². The predicted octanol–water partition coefficient (Wildman–Crippen LogP) is 3.56. The molecular weight excluding hydrogens is 212 g/mol. The van der Waals surface area contributed by atoms with Gasteiger partial charge in [-0.15, -0.1) is 0 Å². The average molecular weight is 227 g/mol. The van der Waals surface area contributed by atoms with Crippen LogP contribution in [0.4, 0.5) is 0 Å². The maximum absolute atomic E-state index is 5.62. The molecule has 0 bridgehead atoms. The summed E-state index contributed by atoms with van der Waals surface area (Å²) in [6.07, 6.45) is -0.364. The van der Waals surface area contributed by atoms with Crippen LogP contribution in [0.25, 0.3) is 0 Å². The van der Waals surface area contributed by atoms with Gasteiger partial charge in [-0.1, -0.05) is 60.7 Å². The highest BCUT2D eigenvalue weighted by Crippen LogP contribution is 2.20. The van der Waals surface area contributed by atoms with Crippen molar-refractivity contribution in [2.24, 2.45) is 0 Å². The van der Waals surface area contributed by atoms with Gasteiger partial charge in [0.2, 0.25) is 0 Å². The highest BCUT2D eigenvalue weighted by atomic mass is 16.7. The molecule has 17 heavy (non-hydrogen) atoms. The minimum atomic E-state index is -0.364. The molecule has 0 aliphatic heterocycles. The fourth-order valence-corrected chi connectivity index (χ4v) is 1.55. The largest absolute Gasteiger partial charge is 0.352 e. The minimum Gasteiger partial charge on any atom is -0.352 e. The maximum Gasteiger partial charge on any atom is 0.184 e. The van der Waals surface area contributed by atoms with E-state index < -0.39 is 0 Å².